The summed E-state index contributed by atoms with van der Waals surface area (Å²) in [5.41, 5.74) is 0. The normalized spacial score (nSPS) is 16.8. The molecule has 0 bridgehead atoms. The number of tetrazole rings is 1. The van der Waals surface area contributed by atoms with Crippen molar-refractivity contribution in [2.24, 2.45) is 0 Å². The number of nitrogens with one attached hydrogen (secondary N) is 1. The summed E-state index contributed by atoms with van der Waals surface area (Å²) in [6.45, 7) is 4.26. The minimum atomic E-state index is 0.0648. The third-order valence-electron chi connectivity index (χ3n) is 4.11. The number of aromatic nitrogens is 4. The minimum absolute atomic E-state index is 0.0648. The van der Waals surface area contributed by atoms with E-state index >= 15 is 0 Å². The highest BCUT2D eigenvalue weighted by molar-refractivity contribution is 7.99. The Kier molecular flexibility index (Phi) is 7.15. The van der Waals surface area contributed by atoms with Crippen LogP contribution in [0, 0.1) is 0 Å². The zero-order valence-corrected chi connectivity index (χ0v) is 14.4. The van der Waals surface area contributed by atoms with E-state index in [9.17, 15) is 4.79 Å². The third-order valence-corrected chi connectivity index (χ3v) is 5.05. The van der Waals surface area contributed by atoms with Crippen LogP contribution in [0.1, 0.15) is 71.3 Å². The van der Waals surface area contributed by atoms with Gasteiger partial charge in [-0.05, 0) is 36.6 Å². The quantitative estimate of drug-likeness (QED) is 0.558. The van der Waals surface area contributed by atoms with Crippen LogP contribution in [0.2, 0.25) is 0 Å². The molecule has 1 N–H and O–H groups in total. The zero-order chi connectivity index (χ0) is 15.8. The number of carbonyl (C=O) groups is 1. The predicted molar refractivity (Wildman–Crippen MR) is 87.8 cm³/mol. The summed E-state index contributed by atoms with van der Waals surface area (Å²) < 4.78 is 1.90. The Morgan fingerprint density at radius 1 is 1.41 bits per heavy atom. The van der Waals surface area contributed by atoms with Gasteiger partial charge in [-0.1, -0.05) is 50.8 Å². The van der Waals surface area contributed by atoms with E-state index in [2.05, 4.69) is 34.7 Å². The largest absolute Gasteiger partial charge is 0.353 e. The molecule has 1 unspecified atom stereocenters. The maximum Gasteiger partial charge on any atom is 0.230 e. The summed E-state index contributed by atoms with van der Waals surface area (Å²) in [5.74, 6) is 0.445. The SMILES string of the molecule is CCCCCC(C)NC(=O)CSc1nnnn1C1CCCC1. The number of amides is 1. The van der Waals surface area contributed by atoms with Gasteiger partial charge in [-0.25, -0.2) is 4.68 Å². The molecule has 1 amide bonds. The highest BCUT2D eigenvalue weighted by Crippen LogP contribution is 2.31. The van der Waals surface area contributed by atoms with Crippen LogP contribution in [0.3, 0.4) is 0 Å². The molecule has 1 fully saturated rings. The van der Waals surface area contributed by atoms with Crippen molar-refractivity contribution >= 4 is 17.7 Å². The first-order valence-corrected chi connectivity index (χ1v) is 9.39. The first-order valence-electron chi connectivity index (χ1n) is 8.40. The number of hydrogen-bond acceptors (Lipinski definition) is 5. The second-order valence-electron chi connectivity index (χ2n) is 6.10. The molecule has 1 saturated carbocycles. The van der Waals surface area contributed by atoms with Gasteiger partial charge in [0.25, 0.3) is 0 Å². The summed E-state index contributed by atoms with van der Waals surface area (Å²) in [5, 5.41) is 15.7. The van der Waals surface area contributed by atoms with Crippen LogP contribution in [-0.4, -0.2) is 37.9 Å². The minimum Gasteiger partial charge on any atom is -0.353 e. The van der Waals surface area contributed by atoms with Crippen LogP contribution in [0.25, 0.3) is 0 Å². The molecular formula is C15H27N5OS. The molecule has 0 spiro atoms. The molecule has 0 saturated heterocycles. The van der Waals surface area contributed by atoms with Crippen LogP contribution >= 0.6 is 11.8 Å². The molecule has 0 radical (unpaired) electrons. The van der Waals surface area contributed by atoms with Crippen molar-refractivity contribution in [2.45, 2.75) is 82.5 Å². The summed E-state index contributed by atoms with van der Waals surface area (Å²) in [6, 6.07) is 0.652. The predicted octanol–water partition coefficient (Wildman–Crippen LogP) is 2.97. The standard InChI is InChI=1S/C15H27N5OS/c1-3-4-5-8-12(2)16-14(21)11-22-15-17-18-19-20(15)13-9-6-7-10-13/h12-13H,3-11H2,1-2H3,(H,16,21). The van der Waals surface area contributed by atoms with E-state index in [1.165, 1.54) is 43.9 Å². The van der Waals surface area contributed by atoms with E-state index < -0.39 is 0 Å². The molecule has 1 atom stereocenters. The lowest BCUT2D eigenvalue weighted by molar-refractivity contribution is -0.119. The van der Waals surface area contributed by atoms with Gasteiger partial charge in [-0.15, -0.1) is 5.10 Å². The Bertz CT molecular complexity index is 459. The number of nitrogens with zero attached hydrogens (tertiary/aromatic N) is 4. The van der Waals surface area contributed by atoms with Crippen LogP contribution in [0.15, 0.2) is 5.16 Å². The fraction of sp³-hybridized carbons (Fsp3) is 0.867. The van der Waals surface area contributed by atoms with Gasteiger partial charge < -0.3 is 5.32 Å². The number of thioether (sulfide) groups is 1. The summed E-state index contributed by atoms with van der Waals surface area (Å²) in [6.07, 6.45) is 9.41. The van der Waals surface area contributed by atoms with Crippen molar-refractivity contribution in [2.75, 3.05) is 5.75 Å². The highest BCUT2D eigenvalue weighted by Gasteiger charge is 2.22. The van der Waals surface area contributed by atoms with Crippen molar-refractivity contribution in [1.29, 1.82) is 0 Å². The lowest BCUT2D eigenvalue weighted by Gasteiger charge is -2.14. The van der Waals surface area contributed by atoms with Crippen LogP contribution < -0.4 is 5.32 Å². The number of unbranched alkanes of at least 4 members (excludes halogenated alkanes) is 2. The zero-order valence-electron chi connectivity index (χ0n) is 13.6. The average Bonchev–Trinajstić information content (AvgIpc) is 3.16. The van der Waals surface area contributed by atoms with Gasteiger partial charge >= 0.3 is 0 Å². The first kappa shape index (κ1) is 17.2. The van der Waals surface area contributed by atoms with Crippen molar-refractivity contribution in [3.8, 4) is 0 Å². The Morgan fingerprint density at radius 2 is 2.18 bits per heavy atom. The molecule has 0 aromatic carbocycles. The number of hydrogen-bond donors (Lipinski definition) is 1. The first-order chi connectivity index (χ1) is 10.7. The summed E-state index contributed by atoms with van der Waals surface area (Å²) in [4.78, 5) is 12.0. The van der Waals surface area contributed by atoms with Crippen molar-refractivity contribution in [1.82, 2.24) is 25.5 Å². The maximum absolute atomic E-state index is 12.0. The smallest absolute Gasteiger partial charge is 0.230 e. The van der Waals surface area contributed by atoms with E-state index in [1.54, 1.807) is 0 Å². The molecule has 2 rings (SSSR count). The van der Waals surface area contributed by atoms with Crippen molar-refractivity contribution < 1.29 is 4.79 Å². The molecule has 1 aromatic rings. The molecule has 1 aromatic heterocycles. The molecule has 1 heterocycles. The Hall–Kier alpha value is -1.11. The van der Waals surface area contributed by atoms with Crippen LogP contribution in [-0.2, 0) is 4.79 Å². The maximum atomic E-state index is 12.0. The highest BCUT2D eigenvalue weighted by atomic mass is 32.2. The van der Waals surface area contributed by atoms with Gasteiger partial charge in [-0.3, -0.25) is 4.79 Å². The fourth-order valence-electron chi connectivity index (χ4n) is 2.88. The monoisotopic (exact) mass is 325 g/mol. The summed E-state index contributed by atoms with van der Waals surface area (Å²) >= 11 is 1.43. The molecule has 22 heavy (non-hydrogen) atoms. The molecule has 1 aliphatic carbocycles. The number of rotatable bonds is 9. The van der Waals surface area contributed by atoms with Crippen LogP contribution in [0.4, 0.5) is 0 Å². The van der Waals surface area contributed by atoms with Gasteiger partial charge in [0, 0.05) is 6.04 Å². The van der Waals surface area contributed by atoms with Gasteiger partial charge in [0.15, 0.2) is 0 Å². The van der Waals surface area contributed by atoms with E-state index in [0.29, 0.717) is 11.8 Å². The Morgan fingerprint density at radius 3 is 2.91 bits per heavy atom. The van der Waals surface area contributed by atoms with Gasteiger partial charge in [0.2, 0.25) is 11.1 Å². The van der Waals surface area contributed by atoms with E-state index in [-0.39, 0.29) is 11.9 Å². The second kappa shape index (κ2) is 9.12. The molecule has 1 aliphatic rings. The van der Waals surface area contributed by atoms with Crippen molar-refractivity contribution in [3.63, 3.8) is 0 Å². The lowest BCUT2D eigenvalue weighted by atomic mass is 10.1. The average molecular weight is 325 g/mol. The molecule has 6 nitrogen and oxygen atoms in total. The number of carbonyl (C=O) groups excluding carboxylic acids is 1. The topological polar surface area (TPSA) is 72.7 Å². The van der Waals surface area contributed by atoms with E-state index in [4.69, 9.17) is 0 Å². The molecule has 0 aliphatic heterocycles. The van der Waals surface area contributed by atoms with Gasteiger partial charge in [0.1, 0.15) is 0 Å². The Labute approximate surface area is 136 Å². The van der Waals surface area contributed by atoms with E-state index in [1.807, 2.05) is 4.68 Å². The van der Waals surface area contributed by atoms with E-state index in [0.717, 1.165) is 24.4 Å². The third kappa shape index (κ3) is 5.26. The summed E-state index contributed by atoms with van der Waals surface area (Å²) in [7, 11) is 0. The molecular weight excluding hydrogens is 298 g/mol. The molecule has 124 valence electrons. The van der Waals surface area contributed by atoms with Gasteiger partial charge in [-0.2, -0.15) is 0 Å². The van der Waals surface area contributed by atoms with Crippen LogP contribution in [0.5, 0.6) is 0 Å². The Balaban J connectivity index is 1.73. The van der Waals surface area contributed by atoms with Crippen molar-refractivity contribution in [3.05, 3.63) is 0 Å². The fourth-order valence-corrected chi connectivity index (χ4v) is 3.63. The molecule has 7 heteroatoms. The van der Waals surface area contributed by atoms with Gasteiger partial charge in [0.05, 0.1) is 11.8 Å². The second-order valence-corrected chi connectivity index (χ2v) is 7.04. The lowest BCUT2D eigenvalue weighted by Crippen LogP contribution is -2.33.